The van der Waals surface area contributed by atoms with Crippen LogP contribution in [-0.2, 0) is 15.3 Å². The van der Waals surface area contributed by atoms with Crippen molar-refractivity contribution in [2.24, 2.45) is 0 Å². The Bertz CT molecular complexity index is 1440. The maximum absolute atomic E-state index is 12.6. The van der Waals surface area contributed by atoms with E-state index in [1.807, 2.05) is 42.5 Å². The lowest BCUT2D eigenvalue weighted by Crippen LogP contribution is -2.52. The van der Waals surface area contributed by atoms with Crippen LogP contribution in [0, 0.1) is 0 Å². The second-order valence-corrected chi connectivity index (χ2v) is 10.3. The van der Waals surface area contributed by atoms with Crippen LogP contribution in [0.3, 0.4) is 0 Å². The third kappa shape index (κ3) is 4.63. The number of carbonyl (C=O) groups excluding carboxylic acids is 1. The minimum atomic E-state index is -0.395. The van der Waals surface area contributed by atoms with Crippen molar-refractivity contribution in [1.29, 1.82) is 0 Å². The fraction of sp³-hybridized carbons (Fsp3) is 0.276. The normalized spacial score (nSPS) is 21.7. The van der Waals surface area contributed by atoms with Crippen LogP contribution in [0.15, 0.2) is 82.4 Å². The fourth-order valence-electron chi connectivity index (χ4n) is 5.48. The monoisotopic (exact) mass is 528 g/mol. The number of anilines is 1. The van der Waals surface area contributed by atoms with Gasteiger partial charge in [-0.1, -0.05) is 54.2 Å². The molecule has 0 unspecified atom stereocenters. The van der Waals surface area contributed by atoms with Crippen molar-refractivity contribution in [2.75, 3.05) is 19.5 Å². The van der Waals surface area contributed by atoms with Crippen molar-refractivity contribution in [1.82, 2.24) is 15.5 Å². The predicted molar refractivity (Wildman–Crippen MR) is 145 cm³/mol. The van der Waals surface area contributed by atoms with Crippen LogP contribution in [-0.4, -0.2) is 42.5 Å². The molecule has 4 atom stereocenters. The Kier molecular flexibility index (Phi) is 6.78. The Labute approximate surface area is 225 Å². The summed E-state index contributed by atoms with van der Waals surface area (Å²) in [5.41, 5.74) is 5.32. The van der Waals surface area contributed by atoms with Gasteiger partial charge in [-0.25, -0.2) is 0 Å². The highest BCUT2D eigenvalue weighted by atomic mass is 32.2. The van der Waals surface area contributed by atoms with Gasteiger partial charge in [0.1, 0.15) is 11.8 Å². The average Bonchev–Trinajstić information content (AvgIpc) is 3.60. The van der Waals surface area contributed by atoms with E-state index in [1.54, 1.807) is 7.11 Å². The molecule has 6 rings (SSSR count). The Morgan fingerprint density at radius 3 is 2.68 bits per heavy atom. The van der Waals surface area contributed by atoms with E-state index in [0.29, 0.717) is 23.3 Å². The number of methoxy groups -OCH3 is 2. The first kappa shape index (κ1) is 24.5. The van der Waals surface area contributed by atoms with E-state index in [2.05, 4.69) is 51.2 Å². The number of hydrogen-bond donors (Lipinski definition) is 2. The Morgan fingerprint density at radius 1 is 1.05 bits per heavy atom. The summed E-state index contributed by atoms with van der Waals surface area (Å²) < 4.78 is 16.7. The third-order valence-corrected chi connectivity index (χ3v) is 8.14. The van der Waals surface area contributed by atoms with E-state index in [0.717, 1.165) is 28.1 Å². The standard InChI is InChI=1S/C29H28N4O4S/c1-35-24-13-12-18(14-19(24)16-38-29-33-32-27(37-29)17-8-4-3-5-9-17)25-26-21(15-23(31-25)28(34)36-2)20-10-6-7-11-22(20)30-26/h3-14,21,23,25-26,30-31H,15-16H2,1-2H3/t21-,23+,25+,26+/m1/s1. The van der Waals surface area contributed by atoms with Crippen LogP contribution in [0.2, 0.25) is 0 Å². The van der Waals surface area contributed by atoms with Crippen LogP contribution < -0.4 is 15.4 Å². The summed E-state index contributed by atoms with van der Waals surface area (Å²) in [4.78, 5) is 12.6. The summed E-state index contributed by atoms with van der Waals surface area (Å²) in [5.74, 6) is 1.81. The lowest BCUT2D eigenvalue weighted by atomic mass is 9.79. The highest BCUT2D eigenvalue weighted by Crippen LogP contribution is 2.46. The number of ether oxygens (including phenoxy) is 2. The zero-order valence-electron chi connectivity index (χ0n) is 21.1. The van der Waals surface area contributed by atoms with Gasteiger partial charge in [0, 0.05) is 28.5 Å². The number of benzene rings is 3. The molecule has 9 heteroatoms. The molecule has 0 amide bonds. The Morgan fingerprint density at radius 2 is 1.87 bits per heavy atom. The van der Waals surface area contributed by atoms with Gasteiger partial charge in [-0.15, -0.1) is 10.2 Å². The molecule has 0 bridgehead atoms. The number of nitrogens with one attached hydrogen (secondary N) is 2. The Balaban J connectivity index is 1.26. The minimum absolute atomic E-state index is 0.103. The summed E-state index contributed by atoms with van der Waals surface area (Å²) in [6.07, 6.45) is 0.678. The smallest absolute Gasteiger partial charge is 0.322 e. The molecule has 0 saturated carbocycles. The van der Waals surface area contributed by atoms with E-state index in [-0.39, 0.29) is 24.0 Å². The molecule has 0 aliphatic carbocycles. The number of thioether (sulfide) groups is 1. The van der Waals surface area contributed by atoms with Gasteiger partial charge in [0.25, 0.3) is 5.22 Å². The first-order valence-corrected chi connectivity index (χ1v) is 13.5. The van der Waals surface area contributed by atoms with Gasteiger partial charge in [-0.3, -0.25) is 10.1 Å². The number of para-hydroxylation sites is 1. The van der Waals surface area contributed by atoms with E-state index >= 15 is 0 Å². The molecule has 1 aromatic heterocycles. The van der Waals surface area contributed by atoms with Gasteiger partial charge in [0.2, 0.25) is 5.89 Å². The van der Waals surface area contributed by atoms with Crippen molar-refractivity contribution in [3.05, 3.63) is 89.5 Å². The number of rotatable bonds is 7. The predicted octanol–water partition coefficient (Wildman–Crippen LogP) is 5.19. The van der Waals surface area contributed by atoms with Crippen LogP contribution in [0.4, 0.5) is 5.69 Å². The van der Waals surface area contributed by atoms with Crippen molar-refractivity contribution in [3.63, 3.8) is 0 Å². The van der Waals surface area contributed by atoms with Gasteiger partial charge in [0.15, 0.2) is 0 Å². The van der Waals surface area contributed by atoms with Gasteiger partial charge >= 0.3 is 5.97 Å². The molecule has 3 heterocycles. The molecule has 4 aromatic rings. The summed E-state index contributed by atoms with van der Waals surface area (Å²) >= 11 is 1.46. The lowest BCUT2D eigenvalue weighted by Gasteiger charge is -2.39. The molecule has 3 aromatic carbocycles. The Hall–Kier alpha value is -3.82. The SMILES string of the molecule is COC(=O)[C@@H]1C[C@@H]2c3ccccc3N[C@@H]2[C@H](c2ccc(OC)c(CSc3nnc(-c4ccccc4)o3)c2)N1. The highest BCUT2D eigenvalue weighted by Gasteiger charge is 2.45. The summed E-state index contributed by atoms with van der Waals surface area (Å²) in [7, 11) is 3.11. The minimum Gasteiger partial charge on any atom is -0.496 e. The fourth-order valence-corrected chi connectivity index (χ4v) is 6.22. The van der Waals surface area contributed by atoms with Crippen molar-refractivity contribution >= 4 is 23.4 Å². The molecule has 38 heavy (non-hydrogen) atoms. The van der Waals surface area contributed by atoms with Crippen molar-refractivity contribution < 1.29 is 18.7 Å². The molecule has 0 radical (unpaired) electrons. The quantitative estimate of drug-likeness (QED) is 0.248. The van der Waals surface area contributed by atoms with Crippen LogP contribution in [0.1, 0.15) is 35.1 Å². The number of fused-ring (bicyclic) bond motifs is 3. The lowest BCUT2D eigenvalue weighted by molar-refractivity contribution is -0.144. The maximum Gasteiger partial charge on any atom is 0.322 e. The van der Waals surface area contributed by atoms with Crippen LogP contribution in [0.25, 0.3) is 11.5 Å². The molecular weight excluding hydrogens is 500 g/mol. The molecule has 0 spiro atoms. The maximum atomic E-state index is 12.6. The second kappa shape index (κ2) is 10.5. The molecule has 2 aliphatic heterocycles. The van der Waals surface area contributed by atoms with Crippen LogP contribution >= 0.6 is 11.8 Å². The summed E-state index contributed by atoms with van der Waals surface area (Å²) in [5, 5.41) is 16.2. The zero-order valence-corrected chi connectivity index (χ0v) is 21.9. The van der Waals surface area contributed by atoms with E-state index in [9.17, 15) is 4.79 Å². The van der Waals surface area contributed by atoms with Gasteiger partial charge < -0.3 is 19.2 Å². The van der Waals surface area contributed by atoms with Gasteiger partial charge in [0.05, 0.1) is 26.3 Å². The van der Waals surface area contributed by atoms with Crippen LogP contribution in [0.5, 0.6) is 5.75 Å². The highest BCUT2D eigenvalue weighted by molar-refractivity contribution is 7.98. The zero-order chi connectivity index (χ0) is 26.1. The first-order valence-electron chi connectivity index (χ1n) is 12.5. The molecule has 1 fully saturated rings. The number of esters is 1. The molecule has 8 nitrogen and oxygen atoms in total. The van der Waals surface area contributed by atoms with Crippen molar-refractivity contribution in [3.8, 4) is 17.2 Å². The van der Waals surface area contributed by atoms with E-state index < -0.39 is 6.04 Å². The molecule has 1 saturated heterocycles. The summed E-state index contributed by atoms with van der Waals surface area (Å²) in [6.45, 7) is 0. The number of aromatic nitrogens is 2. The second-order valence-electron chi connectivity index (χ2n) is 9.42. The number of carbonyl (C=O) groups is 1. The number of nitrogens with zero attached hydrogens (tertiary/aromatic N) is 2. The van der Waals surface area contributed by atoms with E-state index in [4.69, 9.17) is 13.9 Å². The molecular formula is C29H28N4O4S. The van der Waals surface area contributed by atoms with Crippen molar-refractivity contribution in [2.45, 2.75) is 41.4 Å². The summed E-state index contributed by atoms with van der Waals surface area (Å²) in [6, 6.07) is 23.8. The third-order valence-electron chi connectivity index (χ3n) is 7.27. The topological polar surface area (TPSA) is 98.5 Å². The molecule has 194 valence electrons. The first-order chi connectivity index (χ1) is 18.6. The number of hydrogen-bond acceptors (Lipinski definition) is 9. The van der Waals surface area contributed by atoms with Gasteiger partial charge in [-0.2, -0.15) is 0 Å². The molecule has 2 aliphatic rings. The molecule has 2 N–H and O–H groups in total. The van der Waals surface area contributed by atoms with Gasteiger partial charge in [-0.05, 0) is 47.9 Å². The van der Waals surface area contributed by atoms with E-state index in [1.165, 1.54) is 24.4 Å². The number of piperidine rings is 1. The largest absolute Gasteiger partial charge is 0.496 e. The average molecular weight is 529 g/mol.